The van der Waals surface area contributed by atoms with Crippen molar-refractivity contribution in [3.8, 4) is 0 Å². The van der Waals surface area contributed by atoms with E-state index in [4.69, 9.17) is 5.11 Å². The number of carbonyl (C=O) groups excluding carboxylic acids is 1. The normalized spacial score (nSPS) is 10.4. The smallest absolute Gasteiger partial charge is 0.335 e. The molecule has 2 aromatic rings. The summed E-state index contributed by atoms with van der Waals surface area (Å²) in [6.07, 6.45) is 0. The predicted octanol–water partition coefficient (Wildman–Crippen LogP) is -0.125. The molecule has 0 unspecified atom stereocenters. The van der Waals surface area contributed by atoms with Crippen molar-refractivity contribution in [3.63, 3.8) is 0 Å². The Balaban J connectivity index is 2.41. The van der Waals surface area contributed by atoms with E-state index < -0.39 is 5.97 Å². The molecule has 0 spiro atoms. The molecule has 0 aliphatic rings. The lowest BCUT2D eigenvalue weighted by molar-refractivity contribution is -0.121. The summed E-state index contributed by atoms with van der Waals surface area (Å²) in [5, 5.41) is 18.9. The van der Waals surface area contributed by atoms with E-state index in [2.05, 4.69) is 15.6 Å². The topological polar surface area (TPSA) is 97.1 Å². The highest BCUT2D eigenvalue weighted by molar-refractivity contribution is 5.92. The summed E-state index contributed by atoms with van der Waals surface area (Å²) in [6.45, 7) is 0.0550. The van der Waals surface area contributed by atoms with Crippen LogP contribution in [-0.2, 0) is 11.3 Å². The minimum Gasteiger partial charge on any atom is -0.478 e. The number of aromatic carboxylic acids is 1. The van der Waals surface area contributed by atoms with Crippen molar-refractivity contribution >= 4 is 22.9 Å². The van der Waals surface area contributed by atoms with Crippen LogP contribution in [0.2, 0.25) is 0 Å². The summed E-state index contributed by atoms with van der Waals surface area (Å²) < 4.78 is 1.42. The number of hydrogen-bond donors (Lipinski definition) is 2. The third-order valence-corrected chi connectivity index (χ3v) is 2.33. The van der Waals surface area contributed by atoms with Gasteiger partial charge in [-0.05, 0) is 18.2 Å². The summed E-state index contributed by atoms with van der Waals surface area (Å²) >= 11 is 0. The number of benzene rings is 1. The number of carbonyl (C=O) groups is 2. The Bertz CT molecular complexity index is 590. The van der Waals surface area contributed by atoms with Crippen LogP contribution in [0.15, 0.2) is 18.2 Å². The fraction of sp³-hybridized carbons (Fsp3) is 0.200. The number of nitrogens with zero attached hydrogens (tertiary/aromatic N) is 3. The molecule has 1 aromatic carbocycles. The fourth-order valence-corrected chi connectivity index (χ4v) is 1.44. The molecule has 1 aromatic heterocycles. The van der Waals surface area contributed by atoms with E-state index in [9.17, 15) is 9.59 Å². The second kappa shape index (κ2) is 4.20. The van der Waals surface area contributed by atoms with Gasteiger partial charge in [-0.3, -0.25) is 4.79 Å². The van der Waals surface area contributed by atoms with Gasteiger partial charge in [-0.1, -0.05) is 5.21 Å². The molecule has 0 fully saturated rings. The van der Waals surface area contributed by atoms with Gasteiger partial charge in [0.05, 0.1) is 11.1 Å². The Morgan fingerprint density at radius 1 is 1.47 bits per heavy atom. The summed E-state index contributed by atoms with van der Waals surface area (Å²) in [6, 6.07) is 4.46. The number of likely N-dealkylation sites (N-methyl/N-ethyl adjacent to an activating group) is 1. The minimum absolute atomic E-state index is 0.0550. The Morgan fingerprint density at radius 3 is 2.88 bits per heavy atom. The van der Waals surface area contributed by atoms with E-state index in [-0.39, 0.29) is 18.0 Å². The highest BCUT2D eigenvalue weighted by atomic mass is 16.4. The van der Waals surface area contributed by atoms with Crippen molar-refractivity contribution in [2.75, 3.05) is 7.05 Å². The van der Waals surface area contributed by atoms with Gasteiger partial charge >= 0.3 is 5.97 Å². The van der Waals surface area contributed by atoms with Crippen molar-refractivity contribution in [3.05, 3.63) is 23.8 Å². The molecule has 17 heavy (non-hydrogen) atoms. The summed E-state index contributed by atoms with van der Waals surface area (Å²) in [5.74, 6) is -1.22. The molecule has 1 heterocycles. The van der Waals surface area contributed by atoms with E-state index in [1.807, 2.05) is 0 Å². The van der Waals surface area contributed by atoms with Gasteiger partial charge in [0.1, 0.15) is 12.1 Å². The Morgan fingerprint density at radius 2 is 2.24 bits per heavy atom. The third kappa shape index (κ3) is 2.07. The molecule has 2 rings (SSSR count). The summed E-state index contributed by atoms with van der Waals surface area (Å²) in [5.41, 5.74) is 1.22. The molecule has 2 N–H and O–H groups in total. The van der Waals surface area contributed by atoms with Gasteiger partial charge in [-0.25, -0.2) is 9.48 Å². The number of fused-ring (bicyclic) bond motifs is 1. The van der Waals surface area contributed by atoms with Crippen molar-refractivity contribution in [2.45, 2.75) is 6.54 Å². The zero-order chi connectivity index (χ0) is 12.4. The molecule has 0 radical (unpaired) electrons. The molecule has 0 saturated carbocycles. The number of rotatable bonds is 3. The highest BCUT2D eigenvalue weighted by Gasteiger charge is 2.10. The standard InChI is InChI=1S/C10H10N4O3/c1-11-9(15)5-14-8-3-2-6(10(16)17)4-7(8)12-13-14/h2-4H,5H2,1H3,(H,11,15)(H,16,17). The van der Waals surface area contributed by atoms with Crippen LogP contribution >= 0.6 is 0 Å². The molecular formula is C10H10N4O3. The van der Waals surface area contributed by atoms with Gasteiger partial charge in [0.25, 0.3) is 0 Å². The second-order valence-corrected chi connectivity index (χ2v) is 3.43. The maximum absolute atomic E-state index is 11.2. The first kappa shape index (κ1) is 11.1. The SMILES string of the molecule is CNC(=O)Cn1nnc2cc(C(=O)O)ccc21. The number of carboxylic acid groups (broad SMARTS) is 1. The maximum atomic E-state index is 11.2. The second-order valence-electron chi connectivity index (χ2n) is 3.43. The lowest BCUT2D eigenvalue weighted by atomic mass is 10.2. The first-order chi connectivity index (χ1) is 8.11. The van der Waals surface area contributed by atoms with Crippen LogP contribution < -0.4 is 5.32 Å². The van der Waals surface area contributed by atoms with E-state index >= 15 is 0 Å². The van der Waals surface area contributed by atoms with Gasteiger partial charge in [-0.2, -0.15) is 0 Å². The van der Waals surface area contributed by atoms with Crippen molar-refractivity contribution < 1.29 is 14.7 Å². The molecule has 7 nitrogen and oxygen atoms in total. The summed E-state index contributed by atoms with van der Waals surface area (Å²) in [4.78, 5) is 22.0. The van der Waals surface area contributed by atoms with Gasteiger partial charge in [0.2, 0.25) is 5.91 Å². The average molecular weight is 234 g/mol. The van der Waals surface area contributed by atoms with Crippen LogP contribution in [0.3, 0.4) is 0 Å². The van der Waals surface area contributed by atoms with E-state index in [1.165, 1.54) is 23.9 Å². The van der Waals surface area contributed by atoms with Crippen LogP contribution in [-0.4, -0.2) is 39.0 Å². The Labute approximate surface area is 96.0 Å². The first-order valence-electron chi connectivity index (χ1n) is 4.89. The number of amides is 1. The number of nitrogens with one attached hydrogen (secondary N) is 1. The molecule has 1 amide bonds. The maximum Gasteiger partial charge on any atom is 0.335 e. The van der Waals surface area contributed by atoms with Crippen molar-refractivity contribution in [1.29, 1.82) is 0 Å². The lowest BCUT2D eigenvalue weighted by Crippen LogP contribution is -2.24. The van der Waals surface area contributed by atoms with Crippen molar-refractivity contribution in [1.82, 2.24) is 20.3 Å². The van der Waals surface area contributed by atoms with Gasteiger partial charge in [0.15, 0.2) is 0 Å². The zero-order valence-corrected chi connectivity index (χ0v) is 9.04. The first-order valence-corrected chi connectivity index (χ1v) is 4.89. The van der Waals surface area contributed by atoms with Crippen molar-refractivity contribution in [2.24, 2.45) is 0 Å². The average Bonchev–Trinajstić information content (AvgIpc) is 2.71. The molecule has 0 saturated heterocycles. The lowest BCUT2D eigenvalue weighted by Gasteiger charge is -2.00. The molecule has 0 aliphatic heterocycles. The van der Waals surface area contributed by atoms with Crippen LogP contribution in [0.25, 0.3) is 11.0 Å². The molecular weight excluding hydrogens is 224 g/mol. The van der Waals surface area contributed by atoms with Crippen LogP contribution in [0.4, 0.5) is 0 Å². The zero-order valence-electron chi connectivity index (χ0n) is 9.04. The van der Waals surface area contributed by atoms with E-state index in [0.29, 0.717) is 11.0 Å². The monoisotopic (exact) mass is 234 g/mol. The third-order valence-electron chi connectivity index (χ3n) is 2.33. The van der Waals surface area contributed by atoms with Gasteiger partial charge in [-0.15, -0.1) is 5.10 Å². The number of carboxylic acids is 1. The Kier molecular flexibility index (Phi) is 2.73. The molecule has 7 heteroatoms. The quantitative estimate of drug-likeness (QED) is 0.771. The molecule has 0 atom stereocenters. The minimum atomic E-state index is -1.02. The predicted molar refractivity (Wildman–Crippen MR) is 58.6 cm³/mol. The molecule has 0 aliphatic carbocycles. The summed E-state index contributed by atoms with van der Waals surface area (Å²) in [7, 11) is 1.53. The molecule has 0 bridgehead atoms. The Hall–Kier alpha value is -2.44. The van der Waals surface area contributed by atoms with E-state index in [0.717, 1.165) is 0 Å². The van der Waals surface area contributed by atoms with E-state index in [1.54, 1.807) is 6.07 Å². The fourth-order valence-electron chi connectivity index (χ4n) is 1.44. The number of aromatic nitrogens is 3. The van der Waals surface area contributed by atoms with Crippen LogP contribution in [0.5, 0.6) is 0 Å². The number of hydrogen-bond acceptors (Lipinski definition) is 4. The van der Waals surface area contributed by atoms with Gasteiger partial charge < -0.3 is 10.4 Å². The van der Waals surface area contributed by atoms with Crippen LogP contribution in [0, 0.1) is 0 Å². The molecule has 88 valence electrons. The largest absolute Gasteiger partial charge is 0.478 e. The van der Waals surface area contributed by atoms with Crippen LogP contribution in [0.1, 0.15) is 10.4 Å². The van der Waals surface area contributed by atoms with Gasteiger partial charge in [0, 0.05) is 7.05 Å². The highest BCUT2D eigenvalue weighted by Crippen LogP contribution is 2.13.